The summed E-state index contributed by atoms with van der Waals surface area (Å²) < 4.78 is 1.99. The van der Waals surface area contributed by atoms with Gasteiger partial charge >= 0.3 is 0 Å². The van der Waals surface area contributed by atoms with E-state index in [1.165, 1.54) is 0 Å². The number of nitrogens with one attached hydrogen (secondary N) is 1. The molecule has 2 N–H and O–H groups in total. The summed E-state index contributed by atoms with van der Waals surface area (Å²) in [7, 11) is 0. The minimum absolute atomic E-state index is 0.00206. The highest BCUT2D eigenvalue weighted by Crippen LogP contribution is 2.26. The van der Waals surface area contributed by atoms with Gasteiger partial charge in [0.05, 0.1) is 12.9 Å². The Bertz CT molecular complexity index is 830. The molecule has 0 amide bonds. The molecular formula is C16H18ClN5O. The minimum Gasteiger partial charge on any atom is -0.396 e. The molecule has 0 spiro atoms. The first-order valence-electron chi connectivity index (χ1n) is 7.45. The number of aliphatic hydroxyl groups is 1. The highest BCUT2D eigenvalue weighted by atomic mass is 35.5. The van der Waals surface area contributed by atoms with Gasteiger partial charge in [0.1, 0.15) is 5.82 Å². The summed E-state index contributed by atoms with van der Waals surface area (Å²) in [6.07, 6.45) is 2.15. The molecule has 0 aliphatic heterocycles. The van der Waals surface area contributed by atoms with Crippen LogP contribution in [-0.4, -0.2) is 31.2 Å². The van der Waals surface area contributed by atoms with Gasteiger partial charge in [0, 0.05) is 23.2 Å². The van der Waals surface area contributed by atoms with Crippen LogP contribution in [0, 0.1) is 0 Å². The summed E-state index contributed by atoms with van der Waals surface area (Å²) in [5.74, 6) is 1.19. The summed E-state index contributed by atoms with van der Waals surface area (Å²) in [5.41, 5.74) is 2.27. The maximum absolute atomic E-state index is 9.20. The number of benzene rings is 1. The topological polar surface area (TPSA) is 75.9 Å². The quantitative estimate of drug-likeness (QED) is 0.750. The number of imidazole rings is 1. The lowest BCUT2D eigenvalue weighted by molar-refractivity contribution is 0.297. The van der Waals surface area contributed by atoms with E-state index in [1.54, 1.807) is 6.33 Å². The summed E-state index contributed by atoms with van der Waals surface area (Å²) in [6, 6.07) is 7.64. The number of rotatable bonds is 5. The van der Waals surface area contributed by atoms with Crippen LogP contribution in [0.4, 0.5) is 11.5 Å². The number of aliphatic hydroxyl groups excluding tert-OH is 1. The zero-order chi connectivity index (χ0) is 16.4. The highest BCUT2D eigenvalue weighted by Gasteiger charge is 2.15. The molecule has 0 aliphatic rings. The minimum atomic E-state index is -0.00206. The van der Waals surface area contributed by atoms with Crippen LogP contribution in [-0.2, 0) is 6.42 Å². The molecule has 0 saturated carbocycles. The molecule has 0 aliphatic carbocycles. The van der Waals surface area contributed by atoms with Crippen molar-refractivity contribution in [1.82, 2.24) is 19.5 Å². The Hall–Kier alpha value is -2.18. The molecule has 0 saturated heterocycles. The summed E-state index contributed by atoms with van der Waals surface area (Å²) in [4.78, 5) is 13.5. The average Bonchev–Trinajstić information content (AvgIpc) is 2.92. The molecule has 0 radical (unpaired) electrons. The van der Waals surface area contributed by atoms with Gasteiger partial charge in [0.2, 0.25) is 0 Å². The fourth-order valence-corrected chi connectivity index (χ4v) is 2.53. The first-order valence-corrected chi connectivity index (χ1v) is 7.83. The van der Waals surface area contributed by atoms with Crippen molar-refractivity contribution in [3.8, 4) is 0 Å². The molecule has 3 rings (SSSR count). The van der Waals surface area contributed by atoms with Crippen LogP contribution in [0.2, 0.25) is 5.02 Å². The van der Waals surface area contributed by atoms with E-state index in [-0.39, 0.29) is 12.6 Å². The standard InChI is InChI=1S/C16H18ClN5O/c1-10(2)22-9-18-14-15(19-12-5-3-4-11(17)8-12)20-13(6-7-23)21-16(14)22/h3-5,8-10,23H,6-7H2,1-2H3,(H,19,20,21). The van der Waals surface area contributed by atoms with Crippen molar-refractivity contribution >= 4 is 34.3 Å². The largest absolute Gasteiger partial charge is 0.396 e. The van der Waals surface area contributed by atoms with E-state index in [9.17, 15) is 5.11 Å². The molecule has 6 nitrogen and oxygen atoms in total. The number of aromatic nitrogens is 4. The maximum atomic E-state index is 9.20. The van der Waals surface area contributed by atoms with Gasteiger partial charge in [-0.2, -0.15) is 0 Å². The Morgan fingerprint density at radius 3 is 2.83 bits per heavy atom. The van der Waals surface area contributed by atoms with E-state index in [0.717, 1.165) is 11.3 Å². The van der Waals surface area contributed by atoms with Gasteiger partial charge in [0.15, 0.2) is 17.0 Å². The van der Waals surface area contributed by atoms with Crippen LogP contribution in [0.1, 0.15) is 25.7 Å². The molecule has 0 bridgehead atoms. The molecule has 1 aromatic carbocycles. The van der Waals surface area contributed by atoms with Crippen molar-refractivity contribution in [1.29, 1.82) is 0 Å². The SMILES string of the molecule is CC(C)n1cnc2c(Nc3cccc(Cl)c3)nc(CCO)nc21. The number of fused-ring (bicyclic) bond motifs is 1. The molecule has 7 heteroatoms. The number of nitrogens with zero attached hydrogens (tertiary/aromatic N) is 4. The second-order valence-electron chi connectivity index (χ2n) is 5.52. The van der Waals surface area contributed by atoms with Gasteiger partial charge in [-0.3, -0.25) is 0 Å². The van der Waals surface area contributed by atoms with E-state index in [4.69, 9.17) is 11.6 Å². The second-order valence-corrected chi connectivity index (χ2v) is 5.95. The normalized spacial score (nSPS) is 11.3. The third kappa shape index (κ3) is 3.28. The lowest BCUT2D eigenvalue weighted by Gasteiger charge is -2.11. The zero-order valence-corrected chi connectivity index (χ0v) is 13.7. The van der Waals surface area contributed by atoms with E-state index in [2.05, 4.69) is 34.1 Å². The lowest BCUT2D eigenvalue weighted by Crippen LogP contribution is -2.06. The van der Waals surface area contributed by atoms with Crippen LogP contribution in [0.25, 0.3) is 11.2 Å². The lowest BCUT2D eigenvalue weighted by atomic mass is 10.3. The summed E-state index contributed by atoms with van der Waals surface area (Å²) in [5, 5.41) is 13.1. The van der Waals surface area contributed by atoms with Crippen molar-refractivity contribution < 1.29 is 5.11 Å². The molecule has 120 valence electrons. The summed E-state index contributed by atoms with van der Waals surface area (Å²) >= 11 is 6.03. The number of hydrogen-bond acceptors (Lipinski definition) is 5. The van der Waals surface area contributed by atoms with Crippen molar-refractivity contribution in [2.24, 2.45) is 0 Å². The van der Waals surface area contributed by atoms with Gasteiger partial charge in [-0.05, 0) is 32.0 Å². The fraction of sp³-hybridized carbons (Fsp3) is 0.312. The number of hydrogen-bond donors (Lipinski definition) is 2. The first-order chi connectivity index (χ1) is 11.1. The molecular weight excluding hydrogens is 314 g/mol. The van der Waals surface area contributed by atoms with Crippen molar-refractivity contribution in [3.63, 3.8) is 0 Å². The predicted octanol–water partition coefficient (Wildman–Crippen LogP) is 3.34. The van der Waals surface area contributed by atoms with E-state index in [0.29, 0.717) is 28.6 Å². The zero-order valence-electron chi connectivity index (χ0n) is 13.0. The van der Waals surface area contributed by atoms with Crippen LogP contribution in [0.5, 0.6) is 0 Å². The molecule has 2 heterocycles. The molecule has 3 aromatic rings. The van der Waals surface area contributed by atoms with Crippen LogP contribution < -0.4 is 5.32 Å². The average molecular weight is 332 g/mol. The van der Waals surface area contributed by atoms with E-state index in [1.807, 2.05) is 28.8 Å². The Morgan fingerprint density at radius 1 is 1.30 bits per heavy atom. The predicted molar refractivity (Wildman–Crippen MR) is 91.2 cm³/mol. The third-order valence-electron chi connectivity index (χ3n) is 3.45. The van der Waals surface area contributed by atoms with Gasteiger partial charge in [0.25, 0.3) is 0 Å². The van der Waals surface area contributed by atoms with Gasteiger partial charge in [-0.15, -0.1) is 0 Å². The molecule has 0 atom stereocenters. The Kier molecular flexibility index (Phi) is 4.45. The van der Waals surface area contributed by atoms with Gasteiger partial charge in [-0.1, -0.05) is 17.7 Å². The molecule has 2 aromatic heterocycles. The maximum Gasteiger partial charge on any atom is 0.166 e. The van der Waals surface area contributed by atoms with Crippen molar-refractivity contribution in [2.75, 3.05) is 11.9 Å². The van der Waals surface area contributed by atoms with E-state index < -0.39 is 0 Å². The summed E-state index contributed by atoms with van der Waals surface area (Å²) in [6.45, 7) is 4.13. The second kappa shape index (κ2) is 6.52. The Morgan fingerprint density at radius 2 is 2.13 bits per heavy atom. The van der Waals surface area contributed by atoms with Crippen molar-refractivity contribution in [2.45, 2.75) is 26.3 Å². The van der Waals surface area contributed by atoms with Crippen LogP contribution >= 0.6 is 11.6 Å². The molecule has 0 fully saturated rings. The molecule has 0 unspecified atom stereocenters. The highest BCUT2D eigenvalue weighted by molar-refractivity contribution is 6.30. The Balaban J connectivity index is 2.10. The van der Waals surface area contributed by atoms with Gasteiger partial charge in [-0.25, -0.2) is 15.0 Å². The number of anilines is 2. The van der Waals surface area contributed by atoms with E-state index >= 15 is 0 Å². The van der Waals surface area contributed by atoms with Crippen LogP contribution in [0.15, 0.2) is 30.6 Å². The third-order valence-corrected chi connectivity index (χ3v) is 3.68. The monoisotopic (exact) mass is 331 g/mol. The smallest absolute Gasteiger partial charge is 0.166 e. The first kappa shape index (κ1) is 15.7. The van der Waals surface area contributed by atoms with Crippen molar-refractivity contribution in [3.05, 3.63) is 41.4 Å². The molecule has 23 heavy (non-hydrogen) atoms. The van der Waals surface area contributed by atoms with Gasteiger partial charge < -0.3 is 15.0 Å². The number of halogens is 1. The fourth-order valence-electron chi connectivity index (χ4n) is 2.34. The Labute approximate surface area is 139 Å². The van der Waals surface area contributed by atoms with Crippen LogP contribution in [0.3, 0.4) is 0 Å².